The lowest BCUT2D eigenvalue weighted by atomic mass is 9.91. The smallest absolute Gasteiger partial charge is 0.200 e. The van der Waals surface area contributed by atoms with Crippen LogP contribution in [0.2, 0.25) is 0 Å². The van der Waals surface area contributed by atoms with Crippen LogP contribution in [-0.2, 0) is 0 Å². The van der Waals surface area contributed by atoms with Crippen LogP contribution in [0.3, 0.4) is 0 Å². The number of nitrogens with zero attached hydrogens (tertiary/aromatic N) is 3. The summed E-state index contributed by atoms with van der Waals surface area (Å²) >= 11 is 1.79. The third-order valence-electron chi connectivity index (χ3n) is 7.16. The summed E-state index contributed by atoms with van der Waals surface area (Å²) in [6.45, 7) is 5.44. The number of likely N-dealkylation sites (tertiary alicyclic amines) is 1. The van der Waals surface area contributed by atoms with Crippen LogP contribution in [0.1, 0.15) is 43.4 Å². The molecule has 3 aromatic rings. The Morgan fingerprint density at radius 3 is 2.36 bits per heavy atom. The molecular formula is C28H29N3OS. The van der Waals surface area contributed by atoms with Crippen LogP contribution in [0.25, 0.3) is 0 Å². The van der Waals surface area contributed by atoms with Crippen molar-refractivity contribution in [3.8, 4) is 5.75 Å². The third kappa shape index (κ3) is 3.83. The molecule has 0 bridgehead atoms. The molecule has 1 unspecified atom stereocenters. The fourth-order valence-corrected chi connectivity index (χ4v) is 6.13. The average molecular weight is 456 g/mol. The largest absolute Gasteiger partial charge is 0.466 e. The van der Waals surface area contributed by atoms with Gasteiger partial charge in [0.05, 0.1) is 11.8 Å². The minimum Gasteiger partial charge on any atom is -0.466 e. The first-order chi connectivity index (χ1) is 16.2. The van der Waals surface area contributed by atoms with E-state index in [1.54, 1.807) is 11.8 Å². The van der Waals surface area contributed by atoms with Crippen LogP contribution < -0.4 is 4.74 Å². The van der Waals surface area contributed by atoms with Gasteiger partial charge in [-0.1, -0.05) is 67.2 Å². The normalized spacial score (nSPS) is 21.3. The van der Waals surface area contributed by atoms with Gasteiger partial charge in [0.1, 0.15) is 5.75 Å². The van der Waals surface area contributed by atoms with Gasteiger partial charge in [-0.3, -0.25) is 0 Å². The minimum atomic E-state index is -0.338. The van der Waals surface area contributed by atoms with Gasteiger partial charge in [0.15, 0.2) is 0 Å². The molecule has 5 heteroatoms. The fourth-order valence-electron chi connectivity index (χ4n) is 5.29. The van der Waals surface area contributed by atoms with E-state index in [-0.39, 0.29) is 11.8 Å². The van der Waals surface area contributed by atoms with E-state index in [1.165, 1.54) is 20.9 Å². The molecule has 168 valence electrons. The van der Waals surface area contributed by atoms with Crippen molar-refractivity contribution in [1.29, 1.82) is 0 Å². The summed E-state index contributed by atoms with van der Waals surface area (Å²) in [5, 5.41) is 7.53. The average Bonchev–Trinajstić information content (AvgIpc) is 3.33. The predicted molar refractivity (Wildman–Crippen MR) is 134 cm³/mol. The zero-order chi connectivity index (χ0) is 22.3. The second-order valence-corrected chi connectivity index (χ2v) is 10.2. The number of hydrazone groups is 1. The molecule has 0 aliphatic carbocycles. The summed E-state index contributed by atoms with van der Waals surface area (Å²) in [4.78, 5) is 5.02. The van der Waals surface area contributed by atoms with Gasteiger partial charge in [-0.2, -0.15) is 5.10 Å². The Balaban J connectivity index is 1.29. The van der Waals surface area contributed by atoms with Crippen molar-refractivity contribution in [2.75, 3.05) is 19.6 Å². The summed E-state index contributed by atoms with van der Waals surface area (Å²) in [5.74, 6) is 1.04. The lowest BCUT2D eigenvalue weighted by Gasteiger charge is -2.51. The Bertz CT molecular complexity index is 1150. The lowest BCUT2D eigenvalue weighted by molar-refractivity contribution is -0.149. The first kappa shape index (κ1) is 20.8. The second-order valence-electron chi connectivity index (χ2n) is 9.07. The highest BCUT2D eigenvalue weighted by atomic mass is 32.2. The fraction of sp³-hybridized carbons (Fsp3) is 0.321. The maximum Gasteiger partial charge on any atom is 0.200 e. The second kappa shape index (κ2) is 8.54. The number of ether oxygens (including phenoxy) is 1. The molecule has 0 aromatic heterocycles. The zero-order valence-electron chi connectivity index (χ0n) is 19.0. The topological polar surface area (TPSA) is 28.1 Å². The molecule has 3 heterocycles. The standard InChI is InChI=1S/C28H29N3OS/c1-2-30-18-16-28(17-19-30)31-26(24-10-6-7-11-27(24)32-28)20-25(29-31)21-12-14-23(15-13-21)33-22-8-4-3-5-9-22/h3-15,26H,2,16-20H2,1H3. The van der Waals surface area contributed by atoms with E-state index in [4.69, 9.17) is 9.84 Å². The molecule has 0 N–H and O–H groups in total. The molecule has 1 fully saturated rings. The highest BCUT2D eigenvalue weighted by Gasteiger charge is 2.51. The number of hydrogen-bond donors (Lipinski definition) is 0. The van der Waals surface area contributed by atoms with Crippen molar-refractivity contribution in [3.63, 3.8) is 0 Å². The molecule has 33 heavy (non-hydrogen) atoms. The van der Waals surface area contributed by atoms with Crippen molar-refractivity contribution in [3.05, 3.63) is 90.0 Å². The predicted octanol–water partition coefficient (Wildman–Crippen LogP) is 6.19. The number of fused-ring (bicyclic) bond motifs is 4. The van der Waals surface area contributed by atoms with E-state index < -0.39 is 0 Å². The number of rotatable bonds is 4. The van der Waals surface area contributed by atoms with Crippen molar-refractivity contribution in [1.82, 2.24) is 9.91 Å². The Kier molecular flexibility index (Phi) is 5.39. The zero-order valence-corrected chi connectivity index (χ0v) is 19.8. The van der Waals surface area contributed by atoms with Gasteiger partial charge >= 0.3 is 0 Å². The van der Waals surface area contributed by atoms with Gasteiger partial charge in [0.2, 0.25) is 5.72 Å². The summed E-state index contributed by atoms with van der Waals surface area (Å²) in [6, 6.07) is 28.2. The van der Waals surface area contributed by atoms with E-state index >= 15 is 0 Å². The van der Waals surface area contributed by atoms with Crippen molar-refractivity contribution < 1.29 is 4.74 Å². The van der Waals surface area contributed by atoms with Crippen molar-refractivity contribution in [2.45, 2.75) is 47.7 Å². The van der Waals surface area contributed by atoms with Crippen LogP contribution in [0, 0.1) is 0 Å². The van der Waals surface area contributed by atoms with E-state index in [9.17, 15) is 0 Å². The van der Waals surface area contributed by atoms with Gasteiger partial charge in [-0.15, -0.1) is 0 Å². The molecule has 3 aliphatic rings. The van der Waals surface area contributed by atoms with E-state index in [2.05, 4.69) is 95.7 Å². The first-order valence-corrected chi connectivity index (χ1v) is 12.8. The third-order valence-corrected chi connectivity index (χ3v) is 8.17. The van der Waals surface area contributed by atoms with Crippen LogP contribution in [0.15, 0.2) is 93.8 Å². The molecule has 0 amide bonds. The van der Waals surface area contributed by atoms with E-state index in [0.29, 0.717) is 0 Å². The number of benzene rings is 3. The summed E-state index contributed by atoms with van der Waals surface area (Å²) < 4.78 is 6.73. The Labute approximate surface area is 200 Å². The molecule has 6 rings (SSSR count). The Morgan fingerprint density at radius 2 is 1.61 bits per heavy atom. The molecular weight excluding hydrogens is 426 g/mol. The van der Waals surface area contributed by atoms with Crippen LogP contribution in [0.5, 0.6) is 5.75 Å². The molecule has 3 aliphatic heterocycles. The Morgan fingerprint density at radius 1 is 0.909 bits per heavy atom. The molecule has 0 radical (unpaired) electrons. The highest BCUT2D eigenvalue weighted by Crippen LogP contribution is 2.49. The van der Waals surface area contributed by atoms with E-state index in [0.717, 1.165) is 50.4 Å². The highest BCUT2D eigenvalue weighted by molar-refractivity contribution is 7.99. The van der Waals surface area contributed by atoms with Gasteiger partial charge in [-0.05, 0) is 42.4 Å². The first-order valence-electron chi connectivity index (χ1n) is 11.9. The van der Waals surface area contributed by atoms with Crippen LogP contribution >= 0.6 is 11.8 Å². The maximum atomic E-state index is 6.73. The molecule has 3 aromatic carbocycles. The maximum absolute atomic E-state index is 6.73. The number of para-hydroxylation sites is 1. The van der Waals surface area contributed by atoms with Crippen molar-refractivity contribution >= 4 is 17.5 Å². The lowest BCUT2D eigenvalue weighted by Crippen LogP contribution is -2.59. The molecule has 1 saturated heterocycles. The van der Waals surface area contributed by atoms with E-state index in [1.807, 2.05) is 0 Å². The molecule has 4 nitrogen and oxygen atoms in total. The van der Waals surface area contributed by atoms with Gasteiger partial charge < -0.3 is 9.64 Å². The van der Waals surface area contributed by atoms with Gasteiger partial charge in [-0.25, -0.2) is 5.01 Å². The van der Waals surface area contributed by atoms with Crippen molar-refractivity contribution in [2.24, 2.45) is 5.10 Å². The Hall–Kier alpha value is -2.76. The summed E-state index contributed by atoms with van der Waals surface area (Å²) in [7, 11) is 0. The summed E-state index contributed by atoms with van der Waals surface area (Å²) in [5.41, 5.74) is 3.29. The molecule has 0 saturated carbocycles. The monoisotopic (exact) mass is 455 g/mol. The number of hydrogen-bond acceptors (Lipinski definition) is 5. The SMILES string of the molecule is CCN1CCC2(CC1)Oc1ccccc1C1CC(c3ccc(Sc4ccccc4)cc3)=NN12. The van der Waals surface area contributed by atoms with Crippen LogP contribution in [-0.4, -0.2) is 41.0 Å². The summed E-state index contributed by atoms with van der Waals surface area (Å²) in [6.07, 6.45) is 2.88. The molecule has 1 atom stereocenters. The van der Waals surface area contributed by atoms with Crippen LogP contribution in [0.4, 0.5) is 0 Å². The van der Waals surface area contributed by atoms with Gasteiger partial charge in [0, 0.05) is 47.7 Å². The molecule has 1 spiro atoms. The number of piperidine rings is 1. The minimum absolute atomic E-state index is 0.247. The quantitative estimate of drug-likeness (QED) is 0.469. The van der Waals surface area contributed by atoms with Gasteiger partial charge in [0.25, 0.3) is 0 Å².